The predicted octanol–water partition coefficient (Wildman–Crippen LogP) is 5.25. The monoisotopic (exact) mass is 563 g/mol. The summed E-state index contributed by atoms with van der Waals surface area (Å²) in [6, 6.07) is 11.0. The van der Waals surface area contributed by atoms with Gasteiger partial charge in [0, 0.05) is 56.1 Å². The van der Waals surface area contributed by atoms with E-state index < -0.39 is 40.4 Å². The molecule has 1 spiro atoms. The number of nitrogens with zero attached hydrogens (tertiary/aromatic N) is 5. The number of hydrogen-bond donors (Lipinski definition) is 0. The van der Waals surface area contributed by atoms with E-state index in [9.17, 15) is 27.2 Å². The summed E-state index contributed by atoms with van der Waals surface area (Å²) in [7, 11) is 0. The summed E-state index contributed by atoms with van der Waals surface area (Å²) in [4.78, 5) is 33.7. The van der Waals surface area contributed by atoms with Gasteiger partial charge >= 0.3 is 0 Å². The number of amides is 1. The van der Waals surface area contributed by atoms with E-state index in [1.54, 1.807) is 54.5 Å². The van der Waals surface area contributed by atoms with E-state index in [1.807, 2.05) is 0 Å². The highest BCUT2D eigenvalue weighted by molar-refractivity contribution is 5.97. The Morgan fingerprint density at radius 2 is 1.56 bits per heavy atom. The highest BCUT2D eigenvalue weighted by Gasteiger charge is 2.51. The van der Waals surface area contributed by atoms with Gasteiger partial charge < -0.3 is 9.80 Å². The van der Waals surface area contributed by atoms with Gasteiger partial charge in [0.15, 0.2) is 23.1 Å². The van der Waals surface area contributed by atoms with Crippen LogP contribution < -0.4 is 4.90 Å². The van der Waals surface area contributed by atoms with Gasteiger partial charge in [-0.15, -0.1) is 0 Å². The number of hydrogen-bond acceptors (Lipinski definition) is 5. The first kappa shape index (κ1) is 26.7. The van der Waals surface area contributed by atoms with Gasteiger partial charge in [-0.05, 0) is 55.7 Å². The number of anilines is 1. The van der Waals surface area contributed by atoms with Crippen LogP contribution >= 0.6 is 0 Å². The summed E-state index contributed by atoms with van der Waals surface area (Å²) in [6.07, 6.45) is 3.59. The topological polar surface area (TPSA) is 71.3 Å². The zero-order valence-corrected chi connectivity index (χ0v) is 22.1. The number of rotatable bonds is 4. The number of aryl methyl sites for hydroxylation is 1. The maximum Gasteiger partial charge on any atom is 0.274 e. The number of ketones is 1. The third-order valence-corrected chi connectivity index (χ3v) is 8.03. The molecule has 210 valence electrons. The van der Waals surface area contributed by atoms with Gasteiger partial charge in [-0.25, -0.2) is 22.2 Å². The van der Waals surface area contributed by atoms with Gasteiger partial charge in [-0.1, -0.05) is 6.07 Å². The van der Waals surface area contributed by atoms with Crippen LogP contribution in [-0.2, 0) is 4.79 Å². The van der Waals surface area contributed by atoms with Crippen LogP contribution in [0.25, 0.3) is 16.9 Å². The Balaban J connectivity index is 1.29. The van der Waals surface area contributed by atoms with E-state index in [0.717, 1.165) is 5.56 Å². The highest BCUT2D eigenvalue weighted by Crippen LogP contribution is 2.42. The quantitative estimate of drug-likeness (QED) is 0.317. The second kappa shape index (κ2) is 10.1. The summed E-state index contributed by atoms with van der Waals surface area (Å²) >= 11 is 0. The van der Waals surface area contributed by atoms with Crippen LogP contribution in [0.2, 0.25) is 0 Å². The lowest BCUT2D eigenvalue weighted by Crippen LogP contribution is -2.57. The third-order valence-electron chi connectivity index (χ3n) is 8.03. The smallest absolute Gasteiger partial charge is 0.274 e. The molecule has 2 fully saturated rings. The van der Waals surface area contributed by atoms with Gasteiger partial charge in [0.05, 0.1) is 11.4 Å². The molecule has 2 aromatic heterocycles. The largest absolute Gasteiger partial charge is 0.353 e. The molecule has 6 rings (SSSR count). The highest BCUT2D eigenvalue weighted by atomic mass is 19.1. The Kier molecular flexibility index (Phi) is 6.59. The number of aromatic nitrogens is 3. The van der Waals surface area contributed by atoms with E-state index in [0.29, 0.717) is 29.1 Å². The molecule has 0 radical (unpaired) electrons. The minimum atomic E-state index is -1.20. The second-order valence-electron chi connectivity index (χ2n) is 10.4. The zero-order chi connectivity index (χ0) is 28.9. The third kappa shape index (κ3) is 4.55. The molecule has 2 aromatic carbocycles. The maximum absolute atomic E-state index is 14.7. The summed E-state index contributed by atoms with van der Waals surface area (Å²) < 4.78 is 58.9. The fourth-order valence-corrected chi connectivity index (χ4v) is 5.84. The lowest BCUT2D eigenvalue weighted by molar-refractivity contribution is -0.123. The molecule has 2 aliphatic rings. The normalized spacial score (nSPS) is 16.6. The van der Waals surface area contributed by atoms with Crippen molar-refractivity contribution in [2.75, 3.05) is 24.5 Å². The standard InChI is InChI=1S/C30H25F4N5O2/c1-18-2-3-21(16-22(18)32)39-26(19-4-9-35-10-5-19)17-25(36-39)29(41)37-12-7-30(8-13-37)27(40)6-11-38(30)28-23(33)14-20(31)15-24(28)34/h2-5,9-10,14-17H,6-8,11-13H2,1H3. The van der Waals surface area contributed by atoms with Gasteiger partial charge in [-0.3, -0.25) is 14.6 Å². The molecule has 2 aliphatic heterocycles. The van der Waals surface area contributed by atoms with Crippen LogP contribution in [0, 0.1) is 30.2 Å². The molecule has 4 aromatic rings. The van der Waals surface area contributed by atoms with Crippen LogP contribution in [0.1, 0.15) is 35.3 Å². The summed E-state index contributed by atoms with van der Waals surface area (Å²) in [5, 5.41) is 4.53. The second-order valence-corrected chi connectivity index (χ2v) is 10.4. The molecule has 0 saturated carbocycles. The zero-order valence-electron chi connectivity index (χ0n) is 22.1. The van der Waals surface area contributed by atoms with Crippen LogP contribution in [0.5, 0.6) is 0 Å². The number of carbonyl (C=O) groups is 2. The van der Waals surface area contributed by atoms with Crippen LogP contribution in [0.15, 0.2) is 60.9 Å². The van der Waals surface area contributed by atoms with Crippen molar-refractivity contribution >= 4 is 17.4 Å². The Bertz CT molecular complexity index is 1640. The van der Waals surface area contributed by atoms with E-state index >= 15 is 0 Å². The summed E-state index contributed by atoms with van der Waals surface area (Å²) in [5.41, 5.74) is 0.694. The van der Waals surface area contributed by atoms with Crippen LogP contribution in [0.4, 0.5) is 23.2 Å². The van der Waals surface area contributed by atoms with Crippen molar-refractivity contribution in [1.82, 2.24) is 19.7 Å². The average molecular weight is 564 g/mol. The van der Waals surface area contributed by atoms with Crippen LogP contribution in [0.3, 0.4) is 0 Å². The number of halogens is 4. The fraction of sp³-hybridized carbons (Fsp3) is 0.267. The molecule has 7 nitrogen and oxygen atoms in total. The van der Waals surface area contributed by atoms with Crippen molar-refractivity contribution < 1.29 is 27.2 Å². The number of likely N-dealkylation sites (tertiary alicyclic amines) is 1. The van der Waals surface area contributed by atoms with E-state index in [4.69, 9.17) is 0 Å². The number of pyridine rings is 1. The molecule has 0 atom stereocenters. The van der Waals surface area contributed by atoms with Crippen molar-refractivity contribution in [1.29, 1.82) is 0 Å². The van der Waals surface area contributed by atoms with Crippen molar-refractivity contribution in [3.8, 4) is 16.9 Å². The minimum Gasteiger partial charge on any atom is -0.353 e. The SMILES string of the molecule is Cc1ccc(-n2nc(C(=O)N3CCC4(CC3)C(=O)CCN4c3c(F)cc(F)cc3F)cc2-c2ccncc2)cc1F. The van der Waals surface area contributed by atoms with E-state index in [1.165, 1.54) is 15.6 Å². The average Bonchev–Trinajstić information content (AvgIpc) is 3.53. The van der Waals surface area contributed by atoms with Gasteiger partial charge in [-0.2, -0.15) is 5.10 Å². The summed E-state index contributed by atoms with van der Waals surface area (Å²) in [6.45, 7) is 2.03. The molecule has 0 N–H and O–H groups in total. The predicted molar refractivity (Wildman–Crippen MR) is 143 cm³/mol. The molecule has 11 heteroatoms. The number of Topliss-reactive ketones (excluding diaryl/α,β-unsaturated/α-hetero) is 1. The molecule has 41 heavy (non-hydrogen) atoms. The molecular formula is C30H25F4N5O2. The lowest BCUT2D eigenvalue weighted by Gasteiger charge is -2.44. The van der Waals surface area contributed by atoms with Gasteiger partial charge in [0.25, 0.3) is 5.91 Å². The molecule has 2 saturated heterocycles. The molecule has 4 heterocycles. The first-order chi connectivity index (χ1) is 19.7. The van der Waals surface area contributed by atoms with E-state index in [-0.39, 0.29) is 50.4 Å². The molecule has 0 unspecified atom stereocenters. The van der Waals surface area contributed by atoms with Crippen molar-refractivity contribution in [3.05, 3.63) is 95.5 Å². The summed E-state index contributed by atoms with van der Waals surface area (Å²) in [5.74, 6) is -4.15. The number of carbonyl (C=O) groups excluding carboxylic acids is 2. The Morgan fingerprint density at radius 1 is 0.878 bits per heavy atom. The molecular weight excluding hydrogens is 538 g/mol. The lowest BCUT2D eigenvalue weighted by atomic mass is 9.83. The molecule has 0 aliphatic carbocycles. The fourth-order valence-electron chi connectivity index (χ4n) is 5.84. The molecule has 1 amide bonds. The maximum atomic E-state index is 14.7. The van der Waals surface area contributed by atoms with Gasteiger partial charge in [0.1, 0.15) is 22.9 Å². The Hall–Kier alpha value is -4.54. The van der Waals surface area contributed by atoms with Crippen molar-refractivity contribution in [2.45, 2.75) is 31.7 Å². The minimum absolute atomic E-state index is 0.0943. The number of piperidine rings is 1. The Morgan fingerprint density at radius 3 is 2.22 bits per heavy atom. The Labute approximate surface area is 233 Å². The van der Waals surface area contributed by atoms with Crippen molar-refractivity contribution in [2.24, 2.45) is 0 Å². The van der Waals surface area contributed by atoms with Crippen molar-refractivity contribution in [3.63, 3.8) is 0 Å². The van der Waals surface area contributed by atoms with Gasteiger partial charge in [0.2, 0.25) is 0 Å². The number of benzene rings is 2. The molecule has 0 bridgehead atoms. The van der Waals surface area contributed by atoms with Crippen LogP contribution in [-0.4, -0.2) is 56.5 Å². The first-order valence-electron chi connectivity index (χ1n) is 13.2. The van der Waals surface area contributed by atoms with E-state index in [2.05, 4.69) is 10.1 Å². The first-order valence-corrected chi connectivity index (χ1v) is 13.2.